The van der Waals surface area contributed by atoms with Crippen molar-refractivity contribution in [2.24, 2.45) is 0 Å². The minimum absolute atomic E-state index is 0.138. The van der Waals surface area contributed by atoms with E-state index in [-0.39, 0.29) is 18.7 Å². The Balaban J connectivity index is 1.92. The van der Waals surface area contributed by atoms with Gasteiger partial charge in [-0.3, -0.25) is 4.79 Å². The van der Waals surface area contributed by atoms with E-state index in [9.17, 15) is 10.1 Å². The lowest BCUT2D eigenvalue weighted by Gasteiger charge is -2.21. The van der Waals surface area contributed by atoms with Crippen molar-refractivity contribution in [3.05, 3.63) is 24.2 Å². The number of fused-ring (bicyclic) bond motifs is 1. The van der Waals surface area contributed by atoms with Gasteiger partial charge in [-0.05, 0) is 25.0 Å². The van der Waals surface area contributed by atoms with Crippen molar-refractivity contribution in [1.29, 1.82) is 5.26 Å². The highest BCUT2D eigenvalue weighted by Gasteiger charge is 2.44. The molecule has 22 heavy (non-hydrogen) atoms. The Hall–Kier alpha value is -2.66. The number of nitrogen functional groups attached to an aromatic ring is 1. The van der Waals surface area contributed by atoms with E-state index in [0.717, 1.165) is 0 Å². The van der Waals surface area contributed by atoms with Crippen LogP contribution >= 0.6 is 0 Å². The van der Waals surface area contributed by atoms with E-state index in [2.05, 4.69) is 16.2 Å². The fraction of sp³-hybridized carbons (Fsp3) is 0.429. The number of rotatable bonds is 3. The maximum atomic E-state index is 10.9. The van der Waals surface area contributed by atoms with Crippen molar-refractivity contribution < 1.29 is 14.3 Å². The highest BCUT2D eigenvalue weighted by molar-refractivity contribution is 5.66. The highest BCUT2D eigenvalue weighted by Crippen LogP contribution is 2.39. The molecule has 8 nitrogen and oxygen atoms in total. The smallest absolute Gasteiger partial charge is 0.302 e. The SMILES string of the molecule is CC(=O)OCC1CCC(C#N)(c2ccc3c(N)ncnn23)O1. The van der Waals surface area contributed by atoms with E-state index in [1.807, 2.05) is 0 Å². The Morgan fingerprint density at radius 2 is 2.50 bits per heavy atom. The van der Waals surface area contributed by atoms with Crippen LogP contribution in [0.15, 0.2) is 18.5 Å². The molecule has 1 aliphatic heterocycles. The Kier molecular flexibility index (Phi) is 3.42. The summed E-state index contributed by atoms with van der Waals surface area (Å²) >= 11 is 0. The molecule has 0 aromatic carbocycles. The molecule has 0 saturated carbocycles. The summed E-state index contributed by atoms with van der Waals surface area (Å²) in [7, 11) is 0. The van der Waals surface area contributed by atoms with E-state index in [1.54, 1.807) is 16.6 Å². The van der Waals surface area contributed by atoms with Gasteiger partial charge in [-0.15, -0.1) is 0 Å². The van der Waals surface area contributed by atoms with Crippen molar-refractivity contribution in [2.75, 3.05) is 12.3 Å². The number of anilines is 1. The molecule has 0 bridgehead atoms. The topological polar surface area (TPSA) is 116 Å². The number of hydrogen-bond acceptors (Lipinski definition) is 7. The Morgan fingerprint density at radius 1 is 1.68 bits per heavy atom. The second-order valence-electron chi connectivity index (χ2n) is 5.18. The summed E-state index contributed by atoms with van der Waals surface area (Å²) in [5.41, 5.74) is 5.91. The van der Waals surface area contributed by atoms with Crippen LogP contribution in [-0.2, 0) is 19.9 Å². The summed E-state index contributed by atoms with van der Waals surface area (Å²) < 4.78 is 12.4. The van der Waals surface area contributed by atoms with Gasteiger partial charge in [0.1, 0.15) is 24.5 Å². The third-order valence-corrected chi connectivity index (χ3v) is 3.73. The number of hydrogen-bond donors (Lipinski definition) is 1. The number of ether oxygens (including phenoxy) is 2. The number of aromatic nitrogens is 3. The summed E-state index contributed by atoms with van der Waals surface area (Å²) in [6.45, 7) is 1.48. The molecule has 1 saturated heterocycles. The summed E-state index contributed by atoms with van der Waals surface area (Å²) in [6.07, 6.45) is 2.13. The van der Waals surface area contributed by atoms with E-state index in [0.29, 0.717) is 29.9 Å². The maximum Gasteiger partial charge on any atom is 0.302 e. The molecule has 0 amide bonds. The van der Waals surface area contributed by atoms with Crippen LogP contribution in [0.5, 0.6) is 0 Å². The average molecular weight is 301 g/mol. The van der Waals surface area contributed by atoms with E-state index >= 15 is 0 Å². The van der Waals surface area contributed by atoms with Gasteiger partial charge in [0.25, 0.3) is 0 Å². The zero-order valence-corrected chi connectivity index (χ0v) is 12.0. The standard InChI is InChI=1S/C14H15N5O3/c1-9(20)21-6-10-4-5-14(7-15,22-10)12-3-2-11-13(16)17-8-18-19(11)12/h2-3,8,10H,4-6H2,1H3,(H2,16,17,18). The molecular formula is C14H15N5O3. The number of nitrogens with two attached hydrogens (primary N) is 1. The molecule has 114 valence electrons. The molecule has 2 unspecified atom stereocenters. The largest absolute Gasteiger partial charge is 0.463 e. The van der Waals surface area contributed by atoms with E-state index in [4.69, 9.17) is 15.2 Å². The first-order valence-corrected chi connectivity index (χ1v) is 6.87. The summed E-state index contributed by atoms with van der Waals surface area (Å²) in [6, 6.07) is 5.74. The molecule has 3 rings (SSSR count). The minimum atomic E-state index is -1.13. The third-order valence-electron chi connectivity index (χ3n) is 3.73. The Morgan fingerprint density at radius 3 is 3.23 bits per heavy atom. The summed E-state index contributed by atoms with van der Waals surface area (Å²) in [5.74, 6) is -0.0319. The number of carbonyl (C=O) groups is 1. The van der Waals surface area contributed by atoms with Crippen molar-refractivity contribution in [1.82, 2.24) is 14.6 Å². The predicted octanol–water partition coefficient (Wildman–Crippen LogP) is 0.772. The van der Waals surface area contributed by atoms with Gasteiger partial charge in [-0.2, -0.15) is 10.4 Å². The van der Waals surface area contributed by atoms with Gasteiger partial charge < -0.3 is 15.2 Å². The Labute approximate surface area is 126 Å². The molecule has 0 spiro atoms. The molecular weight excluding hydrogens is 286 g/mol. The molecule has 8 heteroatoms. The summed E-state index contributed by atoms with van der Waals surface area (Å²) in [4.78, 5) is 14.8. The monoisotopic (exact) mass is 301 g/mol. The van der Waals surface area contributed by atoms with Crippen LogP contribution in [0.3, 0.4) is 0 Å². The zero-order chi connectivity index (χ0) is 15.7. The minimum Gasteiger partial charge on any atom is -0.463 e. The van der Waals surface area contributed by atoms with Crippen molar-refractivity contribution >= 4 is 17.3 Å². The quantitative estimate of drug-likeness (QED) is 0.832. The lowest BCUT2D eigenvalue weighted by atomic mass is 9.98. The number of carbonyl (C=O) groups excluding carboxylic acids is 1. The molecule has 0 aliphatic carbocycles. The average Bonchev–Trinajstić information content (AvgIpc) is 3.10. The van der Waals surface area contributed by atoms with Crippen LogP contribution in [-0.4, -0.2) is 33.3 Å². The number of nitriles is 1. The first kappa shape index (κ1) is 14.3. The van der Waals surface area contributed by atoms with Gasteiger partial charge in [0, 0.05) is 6.92 Å². The molecule has 3 heterocycles. The van der Waals surface area contributed by atoms with Crippen LogP contribution < -0.4 is 5.73 Å². The lowest BCUT2D eigenvalue weighted by molar-refractivity contribution is -0.146. The molecule has 0 radical (unpaired) electrons. The fourth-order valence-electron chi connectivity index (χ4n) is 2.68. The molecule has 1 fully saturated rings. The second-order valence-corrected chi connectivity index (χ2v) is 5.18. The molecule has 2 N–H and O–H groups in total. The fourth-order valence-corrected chi connectivity index (χ4v) is 2.68. The summed E-state index contributed by atoms with van der Waals surface area (Å²) in [5, 5.41) is 13.8. The van der Waals surface area contributed by atoms with Gasteiger partial charge in [0.15, 0.2) is 11.4 Å². The lowest BCUT2D eigenvalue weighted by Crippen LogP contribution is -2.28. The van der Waals surface area contributed by atoms with Crippen LogP contribution in [0.25, 0.3) is 5.52 Å². The van der Waals surface area contributed by atoms with Gasteiger partial charge in [-0.25, -0.2) is 9.50 Å². The highest BCUT2D eigenvalue weighted by atomic mass is 16.6. The van der Waals surface area contributed by atoms with E-state index in [1.165, 1.54) is 13.3 Å². The van der Waals surface area contributed by atoms with Gasteiger partial charge in [0.2, 0.25) is 0 Å². The van der Waals surface area contributed by atoms with Crippen LogP contribution in [0.2, 0.25) is 0 Å². The first-order chi connectivity index (χ1) is 10.6. The van der Waals surface area contributed by atoms with Gasteiger partial charge in [-0.1, -0.05) is 0 Å². The number of esters is 1. The third kappa shape index (κ3) is 2.25. The molecule has 2 atom stereocenters. The molecule has 2 aromatic rings. The second kappa shape index (κ2) is 5.27. The van der Waals surface area contributed by atoms with Crippen LogP contribution in [0.4, 0.5) is 5.82 Å². The predicted molar refractivity (Wildman–Crippen MR) is 75.4 cm³/mol. The Bertz CT molecular complexity index is 765. The molecule has 1 aliphatic rings. The molecule has 2 aromatic heterocycles. The normalized spacial score (nSPS) is 24.3. The van der Waals surface area contributed by atoms with Crippen LogP contribution in [0, 0.1) is 11.3 Å². The zero-order valence-electron chi connectivity index (χ0n) is 12.0. The van der Waals surface area contributed by atoms with Crippen molar-refractivity contribution in [3.8, 4) is 6.07 Å². The van der Waals surface area contributed by atoms with Crippen molar-refractivity contribution in [2.45, 2.75) is 31.5 Å². The van der Waals surface area contributed by atoms with E-state index < -0.39 is 5.60 Å². The van der Waals surface area contributed by atoms with Gasteiger partial charge in [0.05, 0.1) is 11.8 Å². The first-order valence-electron chi connectivity index (χ1n) is 6.87. The number of nitrogens with zero attached hydrogens (tertiary/aromatic N) is 4. The maximum absolute atomic E-state index is 10.9. The van der Waals surface area contributed by atoms with Crippen molar-refractivity contribution in [3.63, 3.8) is 0 Å². The van der Waals surface area contributed by atoms with Crippen LogP contribution in [0.1, 0.15) is 25.5 Å². The van der Waals surface area contributed by atoms with Gasteiger partial charge >= 0.3 is 5.97 Å².